The predicted molar refractivity (Wildman–Crippen MR) is 77.2 cm³/mol. The fourth-order valence-electron chi connectivity index (χ4n) is 2.37. The Morgan fingerprint density at radius 3 is 2.55 bits per heavy atom. The van der Waals surface area contributed by atoms with Crippen LogP contribution in [-0.2, 0) is 7.05 Å². The molecule has 0 bridgehead atoms. The number of aryl methyl sites for hydroxylation is 2. The smallest absolute Gasteiger partial charge is 0.119 e. The van der Waals surface area contributed by atoms with Gasteiger partial charge in [-0.1, -0.05) is 12.1 Å². The van der Waals surface area contributed by atoms with Gasteiger partial charge in [-0.05, 0) is 43.5 Å². The lowest BCUT2D eigenvalue weighted by Crippen LogP contribution is -2.30. The van der Waals surface area contributed by atoms with E-state index < -0.39 is 0 Å². The van der Waals surface area contributed by atoms with Crippen molar-refractivity contribution < 1.29 is 4.74 Å². The maximum atomic E-state index is 5.76. The minimum absolute atomic E-state index is 0.0730. The maximum absolute atomic E-state index is 5.76. The molecular formula is C15H20N4O. The van der Waals surface area contributed by atoms with Crippen molar-refractivity contribution in [2.75, 3.05) is 0 Å². The Hall–Kier alpha value is -1.85. The summed E-state index contributed by atoms with van der Waals surface area (Å²) in [7, 11) is 1.93. The van der Waals surface area contributed by atoms with Crippen LogP contribution < -0.4 is 16.0 Å². The number of ether oxygens (including phenoxy) is 1. The van der Waals surface area contributed by atoms with Crippen molar-refractivity contribution in [1.82, 2.24) is 15.2 Å². The molecule has 1 aliphatic carbocycles. The minimum Gasteiger partial charge on any atom is -0.490 e. The molecule has 0 saturated heterocycles. The molecule has 0 radical (unpaired) electrons. The number of hydrazine groups is 1. The molecule has 1 saturated carbocycles. The molecule has 5 heteroatoms. The number of nitrogens with two attached hydrogens (primary N) is 1. The van der Waals surface area contributed by atoms with Crippen molar-refractivity contribution in [3.63, 3.8) is 0 Å². The van der Waals surface area contributed by atoms with Gasteiger partial charge < -0.3 is 4.74 Å². The molecule has 0 amide bonds. The van der Waals surface area contributed by atoms with E-state index in [4.69, 9.17) is 10.6 Å². The Balaban J connectivity index is 1.83. The summed E-state index contributed by atoms with van der Waals surface area (Å²) in [6.45, 7) is 1.98. The van der Waals surface area contributed by atoms with Crippen molar-refractivity contribution in [2.24, 2.45) is 12.9 Å². The first-order chi connectivity index (χ1) is 9.67. The molecule has 5 nitrogen and oxygen atoms in total. The summed E-state index contributed by atoms with van der Waals surface area (Å²) in [5.41, 5.74) is 5.98. The second-order valence-electron chi connectivity index (χ2n) is 5.32. The molecule has 1 fully saturated rings. The van der Waals surface area contributed by atoms with E-state index in [0.29, 0.717) is 6.10 Å². The molecule has 1 aliphatic rings. The molecule has 106 valence electrons. The average Bonchev–Trinajstić information content (AvgIpc) is 3.18. The average molecular weight is 272 g/mol. The van der Waals surface area contributed by atoms with Crippen LogP contribution in [0.3, 0.4) is 0 Å². The standard InChI is InChI=1S/C15H20N4O/c1-10-9-14(19(2)18-10)15(17-16)11-3-5-12(6-4-11)20-13-7-8-13/h3-6,9,13,15,17H,7-8,16H2,1-2H3. The summed E-state index contributed by atoms with van der Waals surface area (Å²) in [4.78, 5) is 0. The first-order valence-corrected chi connectivity index (χ1v) is 6.90. The van der Waals surface area contributed by atoms with Crippen LogP contribution in [0.15, 0.2) is 30.3 Å². The minimum atomic E-state index is -0.0730. The van der Waals surface area contributed by atoms with Gasteiger partial charge in [0.15, 0.2) is 0 Å². The largest absolute Gasteiger partial charge is 0.490 e. The van der Waals surface area contributed by atoms with E-state index in [9.17, 15) is 0 Å². The van der Waals surface area contributed by atoms with Gasteiger partial charge in [0, 0.05) is 7.05 Å². The number of aromatic nitrogens is 2. The fourth-order valence-corrected chi connectivity index (χ4v) is 2.37. The molecular weight excluding hydrogens is 252 g/mol. The third-order valence-electron chi connectivity index (χ3n) is 3.54. The van der Waals surface area contributed by atoms with Crippen LogP contribution in [0.4, 0.5) is 0 Å². The number of rotatable bonds is 5. The zero-order valence-electron chi connectivity index (χ0n) is 11.8. The second kappa shape index (κ2) is 5.26. The number of nitrogens with one attached hydrogen (secondary N) is 1. The Kier molecular flexibility index (Phi) is 3.46. The summed E-state index contributed by atoms with van der Waals surface area (Å²) in [6.07, 6.45) is 2.76. The Morgan fingerprint density at radius 1 is 1.35 bits per heavy atom. The van der Waals surface area contributed by atoms with Crippen LogP contribution in [0.2, 0.25) is 0 Å². The maximum Gasteiger partial charge on any atom is 0.119 e. The van der Waals surface area contributed by atoms with Gasteiger partial charge in [-0.15, -0.1) is 0 Å². The van der Waals surface area contributed by atoms with Crippen molar-refractivity contribution >= 4 is 0 Å². The van der Waals surface area contributed by atoms with Crippen LogP contribution in [0, 0.1) is 6.92 Å². The van der Waals surface area contributed by atoms with Crippen molar-refractivity contribution in [3.8, 4) is 5.75 Å². The highest BCUT2D eigenvalue weighted by Crippen LogP contribution is 2.28. The number of benzene rings is 1. The van der Waals surface area contributed by atoms with Crippen LogP contribution >= 0.6 is 0 Å². The Bertz CT molecular complexity index is 586. The number of nitrogens with zero attached hydrogens (tertiary/aromatic N) is 2. The molecule has 3 N–H and O–H groups in total. The highest BCUT2D eigenvalue weighted by atomic mass is 16.5. The van der Waals surface area contributed by atoms with Gasteiger partial charge in [-0.3, -0.25) is 10.5 Å². The van der Waals surface area contributed by atoms with Crippen LogP contribution in [0.1, 0.15) is 35.8 Å². The molecule has 2 aromatic rings. The van der Waals surface area contributed by atoms with Gasteiger partial charge in [0.1, 0.15) is 5.75 Å². The van der Waals surface area contributed by atoms with Crippen LogP contribution in [0.5, 0.6) is 5.75 Å². The highest BCUT2D eigenvalue weighted by Gasteiger charge is 2.23. The monoisotopic (exact) mass is 272 g/mol. The first-order valence-electron chi connectivity index (χ1n) is 6.90. The van der Waals surface area contributed by atoms with Crippen LogP contribution in [-0.4, -0.2) is 15.9 Å². The van der Waals surface area contributed by atoms with Gasteiger partial charge >= 0.3 is 0 Å². The molecule has 3 rings (SSSR count). The summed E-state index contributed by atoms with van der Waals surface area (Å²) in [5.74, 6) is 6.65. The Morgan fingerprint density at radius 2 is 2.05 bits per heavy atom. The molecule has 1 heterocycles. The van der Waals surface area contributed by atoms with E-state index in [0.717, 1.165) is 22.7 Å². The molecule has 1 unspecified atom stereocenters. The zero-order valence-corrected chi connectivity index (χ0v) is 11.8. The fraction of sp³-hybridized carbons (Fsp3) is 0.400. The lowest BCUT2D eigenvalue weighted by atomic mass is 10.0. The molecule has 1 aromatic carbocycles. The highest BCUT2D eigenvalue weighted by molar-refractivity contribution is 5.34. The third kappa shape index (κ3) is 2.69. The van der Waals surface area contributed by atoms with Gasteiger partial charge in [-0.25, -0.2) is 5.43 Å². The van der Waals surface area contributed by atoms with E-state index in [1.807, 2.05) is 49.0 Å². The SMILES string of the molecule is Cc1cc(C(NN)c2ccc(OC3CC3)cc2)n(C)n1. The zero-order chi connectivity index (χ0) is 14.1. The molecule has 0 spiro atoms. The van der Waals surface area contributed by atoms with Gasteiger partial charge in [-0.2, -0.15) is 5.10 Å². The van der Waals surface area contributed by atoms with Gasteiger partial charge in [0.25, 0.3) is 0 Å². The lowest BCUT2D eigenvalue weighted by Gasteiger charge is -2.17. The topological polar surface area (TPSA) is 65.1 Å². The lowest BCUT2D eigenvalue weighted by molar-refractivity contribution is 0.303. The van der Waals surface area contributed by atoms with E-state index in [1.165, 1.54) is 12.8 Å². The van der Waals surface area contributed by atoms with Crippen LogP contribution in [0.25, 0.3) is 0 Å². The second-order valence-corrected chi connectivity index (χ2v) is 5.32. The Labute approximate surface area is 118 Å². The summed E-state index contributed by atoms with van der Waals surface area (Å²) >= 11 is 0. The summed E-state index contributed by atoms with van der Waals surface area (Å²) in [6, 6.07) is 10.1. The predicted octanol–water partition coefficient (Wildman–Crippen LogP) is 1.82. The summed E-state index contributed by atoms with van der Waals surface area (Å²) < 4.78 is 7.61. The molecule has 1 aromatic heterocycles. The molecule has 0 aliphatic heterocycles. The number of hydrogen-bond donors (Lipinski definition) is 2. The molecule has 20 heavy (non-hydrogen) atoms. The molecule has 1 atom stereocenters. The van der Waals surface area contributed by atoms with Crippen molar-refractivity contribution in [1.29, 1.82) is 0 Å². The van der Waals surface area contributed by atoms with E-state index in [1.54, 1.807) is 0 Å². The van der Waals surface area contributed by atoms with Gasteiger partial charge in [0.2, 0.25) is 0 Å². The van der Waals surface area contributed by atoms with Gasteiger partial charge in [0.05, 0.1) is 23.5 Å². The van der Waals surface area contributed by atoms with Crippen molar-refractivity contribution in [2.45, 2.75) is 31.9 Å². The van der Waals surface area contributed by atoms with Crippen molar-refractivity contribution in [3.05, 3.63) is 47.3 Å². The van der Waals surface area contributed by atoms with E-state index >= 15 is 0 Å². The quantitative estimate of drug-likeness (QED) is 0.643. The third-order valence-corrected chi connectivity index (χ3v) is 3.54. The first kappa shape index (κ1) is 13.1. The van der Waals surface area contributed by atoms with E-state index in [2.05, 4.69) is 10.5 Å². The summed E-state index contributed by atoms with van der Waals surface area (Å²) in [5, 5.41) is 4.37. The normalized spacial score (nSPS) is 16.1. The number of hydrogen-bond acceptors (Lipinski definition) is 4. The van der Waals surface area contributed by atoms with E-state index in [-0.39, 0.29) is 6.04 Å².